The number of hydrogen-bond acceptors (Lipinski definition) is 7. The molecule has 4 N–H and O–H groups in total. The highest BCUT2D eigenvalue weighted by molar-refractivity contribution is 7.80. The highest BCUT2D eigenvalue weighted by Gasteiger charge is 2.24. The van der Waals surface area contributed by atoms with Crippen molar-refractivity contribution in [1.82, 2.24) is 15.7 Å². The van der Waals surface area contributed by atoms with Crippen LogP contribution in [0.3, 0.4) is 0 Å². The summed E-state index contributed by atoms with van der Waals surface area (Å²) in [5.41, 5.74) is 0.468. The van der Waals surface area contributed by atoms with Crippen molar-refractivity contribution >= 4 is 24.1 Å². The summed E-state index contributed by atoms with van der Waals surface area (Å²) >= 11 is 4.15. The van der Waals surface area contributed by atoms with Gasteiger partial charge in [-0.25, -0.2) is 0 Å². The molecule has 27 heavy (non-hydrogen) atoms. The summed E-state index contributed by atoms with van der Waals surface area (Å²) in [6.45, 7) is 4.28. The predicted molar refractivity (Wildman–Crippen MR) is 104 cm³/mol. The van der Waals surface area contributed by atoms with Crippen molar-refractivity contribution in [3.63, 3.8) is 0 Å². The topological polar surface area (TPSA) is 150 Å². The fraction of sp³-hybridized carbons (Fsp3) is 0.438. The van der Waals surface area contributed by atoms with E-state index in [2.05, 4.69) is 24.5 Å². The van der Waals surface area contributed by atoms with Crippen LogP contribution >= 0.6 is 12.6 Å². The summed E-state index contributed by atoms with van der Waals surface area (Å²) in [5.74, 6) is 0.287. The number of ether oxygens (including phenoxy) is 1. The number of imidazole rings is 1. The Kier molecular flexibility index (Phi) is 8.19. The van der Waals surface area contributed by atoms with E-state index in [9.17, 15) is 20.2 Å². The van der Waals surface area contributed by atoms with Gasteiger partial charge in [0.15, 0.2) is 10.8 Å². The van der Waals surface area contributed by atoms with E-state index in [0.29, 0.717) is 18.0 Å². The van der Waals surface area contributed by atoms with Gasteiger partial charge in [-0.1, -0.05) is 25.8 Å². The van der Waals surface area contributed by atoms with Crippen LogP contribution in [0.25, 0.3) is 0 Å². The average molecular weight is 398 g/mol. The fourth-order valence-corrected chi connectivity index (χ4v) is 2.84. The van der Waals surface area contributed by atoms with E-state index in [-0.39, 0.29) is 35.0 Å². The van der Waals surface area contributed by atoms with Gasteiger partial charge in [0.05, 0.1) is 18.1 Å². The Hall–Kier alpha value is -2.66. The molecule has 0 saturated heterocycles. The van der Waals surface area contributed by atoms with Crippen LogP contribution in [0.4, 0.5) is 11.5 Å². The lowest BCUT2D eigenvalue weighted by Crippen LogP contribution is -2.05. The molecular weight excluding hydrogens is 374 g/mol. The number of unbranched alkanes of at least 4 members (excludes halogenated alkanes) is 2. The van der Waals surface area contributed by atoms with Gasteiger partial charge in [-0.15, -0.1) is 12.6 Å². The number of nitrogens with zero attached hydrogens (tertiary/aromatic N) is 4. The lowest BCUT2D eigenvalue weighted by atomic mass is 10.2. The molecule has 1 heterocycles. The van der Waals surface area contributed by atoms with Gasteiger partial charge < -0.3 is 21.0 Å². The largest absolute Gasteiger partial charge is 0.487 e. The van der Waals surface area contributed by atoms with Crippen molar-refractivity contribution < 1.29 is 14.6 Å². The number of aromatic nitrogens is 2. The van der Waals surface area contributed by atoms with Crippen LogP contribution in [0.15, 0.2) is 23.2 Å². The van der Waals surface area contributed by atoms with Gasteiger partial charge in [-0.3, -0.25) is 14.7 Å². The number of nitro groups is 2. The minimum atomic E-state index is -0.610. The smallest absolute Gasteiger partial charge is 0.395 e. The van der Waals surface area contributed by atoms with Crippen molar-refractivity contribution in [2.45, 2.75) is 44.7 Å². The third kappa shape index (κ3) is 5.41. The Morgan fingerprint density at radius 3 is 2.48 bits per heavy atom. The molecule has 0 unspecified atom stereocenters. The van der Waals surface area contributed by atoms with Gasteiger partial charge in [-0.2, -0.15) is 0 Å². The molecule has 1 aromatic heterocycles. The summed E-state index contributed by atoms with van der Waals surface area (Å²) in [6, 6.07) is 4.66. The minimum Gasteiger partial charge on any atom is -0.487 e. The lowest BCUT2D eigenvalue weighted by molar-refractivity contribution is -0.392. The molecule has 1 aromatic carbocycles. The summed E-state index contributed by atoms with van der Waals surface area (Å²) < 4.78 is 7.05. The van der Waals surface area contributed by atoms with E-state index in [4.69, 9.17) is 4.74 Å². The molecule has 10 nitrogen and oxygen atoms in total. The number of benzene rings is 1. The first kappa shape index (κ1) is 22.4. The zero-order valence-electron chi connectivity index (χ0n) is 15.5. The Morgan fingerprint density at radius 1 is 1.22 bits per heavy atom. The predicted octanol–water partition coefficient (Wildman–Crippen LogP) is 4.29. The second-order valence-electron chi connectivity index (χ2n) is 5.76. The molecule has 2 rings (SSSR count). The maximum atomic E-state index is 11.3. The summed E-state index contributed by atoms with van der Waals surface area (Å²) in [6.07, 6.45) is 2.86. The number of thiol groups is 1. The molecule has 0 aliphatic rings. The molecule has 148 valence electrons. The van der Waals surface area contributed by atoms with Gasteiger partial charge in [0.1, 0.15) is 0 Å². The van der Waals surface area contributed by atoms with Crippen LogP contribution < -0.4 is 10.9 Å². The molecule has 2 aromatic rings. The SMILES string of the molecule is CCCCCOc1ccc(Cn2c(C)nc([N+](=O)[O-])c2S)cc1[N+](=O)[O-].[NH4+]. The number of aryl methyl sites for hydroxylation is 1. The minimum absolute atomic E-state index is 0. The van der Waals surface area contributed by atoms with Gasteiger partial charge in [0.25, 0.3) is 0 Å². The molecule has 0 saturated carbocycles. The third-order valence-corrected chi connectivity index (χ3v) is 4.29. The van der Waals surface area contributed by atoms with E-state index in [1.807, 2.05) is 0 Å². The van der Waals surface area contributed by atoms with Crippen LogP contribution in [0.1, 0.15) is 37.6 Å². The number of rotatable bonds is 9. The highest BCUT2D eigenvalue weighted by atomic mass is 32.1. The van der Waals surface area contributed by atoms with Crippen molar-refractivity contribution in [3.05, 3.63) is 49.8 Å². The fourth-order valence-electron chi connectivity index (χ4n) is 2.49. The van der Waals surface area contributed by atoms with Gasteiger partial charge in [0, 0.05) is 13.0 Å². The van der Waals surface area contributed by atoms with Crippen molar-refractivity contribution in [3.8, 4) is 5.75 Å². The van der Waals surface area contributed by atoms with Crippen LogP contribution in [-0.4, -0.2) is 26.0 Å². The van der Waals surface area contributed by atoms with Crippen molar-refractivity contribution in [2.75, 3.05) is 6.61 Å². The normalized spacial score (nSPS) is 10.3. The van der Waals surface area contributed by atoms with Gasteiger partial charge >= 0.3 is 11.5 Å². The molecule has 0 aliphatic carbocycles. The Balaban J connectivity index is 0.00000364. The molecule has 0 amide bonds. The van der Waals surface area contributed by atoms with E-state index in [0.717, 1.165) is 19.3 Å². The summed E-state index contributed by atoms with van der Waals surface area (Å²) in [7, 11) is 0. The monoisotopic (exact) mass is 398 g/mol. The molecule has 0 fully saturated rings. The second-order valence-corrected chi connectivity index (χ2v) is 6.19. The Morgan fingerprint density at radius 2 is 1.93 bits per heavy atom. The average Bonchev–Trinajstić information content (AvgIpc) is 2.87. The Labute approximate surface area is 161 Å². The zero-order valence-corrected chi connectivity index (χ0v) is 16.4. The zero-order chi connectivity index (χ0) is 19.3. The van der Waals surface area contributed by atoms with E-state index < -0.39 is 9.85 Å². The third-order valence-electron chi connectivity index (χ3n) is 3.85. The second kappa shape index (κ2) is 9.88. The lowest BCUT2D eigenvalue weighted by Gasteiger charge is -2.09. The first-order valence-corrected chi connectivity index (χ1v) is 8.60. The van der Waals surface area contributed by atoms with Crippen molar-refractivity contribution in [2.24, 2.45) is 0 Å². The molecule has 0 atom stereocenters. The molecule has 0 bridgehead atoms. The maximum absolute atomic E-state index is 11.3. The molecule has 11 heteroatoms. The first-order chi connectivity index (χ1) is 12.3. The van der Waals surface area contributed by atoms with Crippen molar-refractivity contribution in [1.29, 1.82) is 0 Å². The molecule has 0 spiro atoms. The summed E-state index contributed by atoms with van der Waals surface area (Å²) in [5, 5.41) is 22.4. The van der Waals surface area contributed by atoms with Gasteiger partial charge in [0.2, 0.25) is 5.82 Å². The number of nitro benzene ring substituents is 1. The van der Waals surface area contributed by atoms with Crippen LogP contribution in [0.5, 0.6) is 5.75 Å². The summed E-state index contributed by atoms with van der Waals surface area (Å²) in [4.78, 5) is 25.1. The van der Waals surface area contributed by atoms with Crippen LogP contribution in [-0.2, 0) is 6.54 Å². The van der Waals surface area contributed by atoms with Gasteiger partial charge in [-0.05, 0) is 28.0 Å². The van der Waals surface area contributed by atoms with Crippen LogP contribution in [0.2, 0.25) is 0 Å². The van der Waals surface area contributed by atoms with E-state index in [1.165, 1.54) is 10.6 Å². The molecule has 0 radical (unpaired) electrons. The molecular formula is C16H24N5O5S+. The van der Waals surface area contributed by atoms with E-state index in [1.54, 1.807) is 19.1 Å². The Bertz CT molecular complexity index is 824. The number of hydrogen-bond donors (Lipinski definition) is 2. The standard InChI is InChI=1S/C16H20N4O5S.H3N/c1-3-4-5-8-25-14-7-6-12(9-13(14)19(21)22)10-18-11(2)17-15(16(18)26)20(23)24;/h6-7,9,26H,3-5,8,10H2,1-2H3;1H3/p+1. The highest BCUT2D eigenvalue weighted by Crippen LogP contribution is 2.30. The number of quaternary nitrogens is 1. The molecule has 0 aliphatic heterocycles. The maximum Gasteiger partial charge on any atom is 0.395 e. The van der Waals surface area contributed by atoms with E-state index >= 15 is 0 Å². The quantitative estimate of drug-likeness (QED) is 0.278. The first-order valence-electron chi connectivity index (χ1n) is 8.15. The van der Waals surface area contributed by atoms with Crippen LogP contribution in [0, 0.1) is 27.2 Å².